The molecular weight excluding hydrogens is 320 g/mol. The van der Waals surface area contributed by atoms with E-state index >= 15 is 0 Å². The molecule has 2 rings (SSSR count). The maximum Gasteiger partial charge on any atom is 0.240 e. The summed E-state index contributed by atoms with van der Waals surface area (Å²) in [5.74, 6) is 0.869. The molecule has 1 aromatic carbocycles. The summed E-state index contributed by atoms with van der Waals surface area (Å²) in [6.07, 6.45) is 0.276. The minimum atomic E-state index is -0.704. The minimum Gasteiger partial charge on any atom is -0.376 e. The Morgan fingerprint density at radius 2 is 2.00 bits per heavy atom. The molecule has 25 heavy (non-hydrogen) atoms. The molecule has 1 heterocycles. The van der Waals surface area contributed by atoms with E-state index in [2.05, 4.69) is 15.5 Å². The number of benzene rings is 1. The highest BCUT2D eigenvalue weighted by molar-refractivity contribution is 5.76. The highest BCUT2D eigenvalue weighted by atomic mass is 16.5. The van der Waals surface area contributed by atoms with Gasteiger partial charge in [-0.1, -0.05) is 35.5 Å². The number of ether oxygens (including phenoxy) is 1. The normalized spacial score (nSPS) is 11.7. The monoisotopic (exact) mass is 346 g/mol. The Hall–Kier alpha value is -2.25. The van der Waals surface area contributed by atoms with Crippen LogP contribution < -0.4 is 5.32 Å². The Bertz CT molecular complexity index is 668. The van der Waals surface area contributed by atoms with Crippen LogP contribution in [-0.4, -0.2) is 41.6 Å². The van der Waals surface area contributed by atoms with Crippen LogP contribution in [0.1, 0.15) is 37.5 Å². The minimum absolute atomic E-state index is 0.114. The Labute approximate surface area is 148 Å². The van der Waals surface area contributed by atoms with Crippen molar-refractivity contribution >= 4 is 5.91 Å². The molecule has 0 spiro atoms. The first kappa shape index (κ1) is 19.1. The van der Waals surface area contributed by atoms with Crippen LogP contribution in [0.4, 0.5) is 0 Å². The van der Waals surface area contributed by atoms with Crippen LogP contribution in [0.25, 0.3) is 0 Å². The number of carbonyl (C=O) groups excluding carboxylic acids is 1. The molecule has 0 atom stereocenters. The number of rotatable bonds is 9. The second-order valence-corrected chi connectivity index (χ2v) is 6.71. The van der Waals surface area contributed by atoms with Gasteiger partial charge < -0.3 is 19.5 Å². The van der Waals surface area contributed by atoms with E-state index in [0.717, 1.165) is 5.56 Å². The predicted molar refractivity (Wildman–Crippen MR) is 93.6 cm³/mol. The molecule has 0 bridgehead atoms. The maximum absolute atomic E-state index is 12.1. The first-order chi connectivity index (χ1) is 11.9. The third kappa shape index (κ3) is 6.28. The molecule has 0 radical (unpaired) electrons. The van der Waals surface area contributed by atoms with Crippen molar-refractivity contribution in [1.29, 1.82) is 0 Å². The van der Waals surface area contributed by atoms with Gasteiger partial charge in [-0.25, -0.2) is 0 Å². The second kappa shape index (κ2) is 8.73. The van der Waals surface area contributed by atoms with Crippen LogP contribution in [0.2, 0.25) is 0 Å². The van der Waals surface area contributed by atoms with Gasteiger partial charge in [0.1, 0.15) is 0 Å². The molecule has 0 unspecified atom stereocenters. The molecule has 0 saturated heterocycles. The van der Waals surface area contributed by atoms with Crippen molar-refractivity contribution in [1.82, 2.24) is 20.4 Å². The van der Waals surface area contributed by atoms with Gasteiger partial charge in [0.25, 0.3) is 0 Å². The van der Waals surface area contributed by atoms with Crippen molar-refractivity contribution in [2.45, 2.75) is 39.0 Å². The van der Waals surface area contributed by atoms with Gasteiger partial charge in [0, 0.05) is 6.42 Å². The molecule has 7 heteroatoms. The summed E-state index contributed by atoms with van der Waals surface area (Å²) in [6, 6.07) is 9.86. The first-order valence-corrected chi connectivity index (χ1v) is 8.27. The van der Waals surface area contributed by atoms with E-state index in [4.69, 9.17) is 9.26 Å². The van der Waals surface area contributed by atoms with E-state index in [-0.39, 0.29) is 12.3 Å². The third-order valence-electron chi connectivity index (χ3n) is 3.52. The number of nitrogens with zero attached hydrogens (tertiary/aromatic N) is 3. The van der Waals surface area contributed by atoms with Crippen LogP contribution in [0.15, 0.2) is 34.9 Å². The molecule has 1 amide bonds. The molecule has 2 aromatic rings. The molecule has 0 aliphatic carbocycles. The molecule has 0 aliphatic heterocycles. The fourth-order valence-electron chi connectivity index (χ4n) is 2.24. The van der Waals surface area contributed by atoms with E-state index in [1.54, 1.807) is 0 Å². The van der Waals surface area contributed by atoms with Gasteiger partial charge in [-0.3, -0.25) is 4.79 Å². The average molecular weight is 346 g/mol. The first-order valence-electron chi connectivity index (χ1n) is 8.27. The molecule has 1 aromatic heterocycles. The van der Waals surface area contributed by atoms with E-state index in [1.807, 2.05) is 63.2 Å². The van der Waals surface area contributed by atoms with Gasteiger partial charge in [-0.15, -0.1) is 0 Å². The second-order valence-electron chi connectivity index (χ2n) is 6.71. The van der Waals surface area contributed by atoms with Crippen LogP contribution in [0, 0.1) is 0 Å². The van der Waals surface area contributed by atoms with Crippen LogP contribution in [0.3, 0.4) is 0 Å². The number of aromatic nitrogens is 2. The number of nitrogens with one attached hydrogen (secondary N) is 1. The highest BCUT2D eigenvalue weighted by Gasteiger charge is 2.28. The van der Waals surface area contributed by atoms with E-state index in [1.165, 1.54) is 0 Å². The zero-order chi connectivity index (χ0) is 18.3. The molecule has 0 saturated carbocycles. The lowest BCUT2D eigenvalue weighted by Crippen LogP contribution is -2.42. The zero-order valence-electron chi connectivity index (χ0n) is 15.3. The third-order valence-corrected chi connectivity index (χ3v) is 3.52. The van der Waals surface area contributed by atoms with Crippen LogP contribution >= 0.6 is 0 Å². The quantitative estimate of drug-likeness (QED) is 0.700. The van der Waals surface area contributed by atoms with Crippen molar-refractivity contribution in [2.75, 3.05) is 20.7 Å². The lowest BCUT2D eigenvalue weighted by Gasteiger charge is -2.22. The summed E-state index contributed by atoms with van der Waals surface area (Å²) < 4.78 is 10.8. The van der Waals surface area contributed by atoms with E-state index in [9.17, 15) is 4.79 Å². The van der Waals surface area contributed by atoms with Crippen LogP contribution in [0.5, 0.6) is 0 Å². The summed E-state index contributed by atoms with van der Waals surface area (Å²) in [5, 5.41) is 6.89. The van der Waals surface area contributed by atoms with Crippen molar-refractivity contribution in [3.63, 3.8) is 0 Å². The smallest absolute Gasteiger partial charge is 0.240 e. The summed E-state index contributed by atoms with van der Waals surface area (Å²) in [6.45, 7) is 5.11. The van der Waals surface area contributed by atoms with Gasteiger partial charge in [0.15, 0.2) is 5.82 Å². The molecule has 0 fully saturated rings. The van der Waals surface area contributed by atoms with E-state index < -0.39 is 5.54 Å². The lowest BCUT2D eigenvalue weighted by molar-refractivity contribution is -0.124. The molecule has 7 nitrogen and oxygen atoms in total. The number of carbonyl (C=O) groups is 1. The molecule has 136 valence electrons. The van der Waals surface area contributed by atoms with Gasteiger partial charge >= 0.3 is 0 Å². The molecule has 0 aliphatic rings. The SMILES string of the molecule is CN(C)Cc1nc(C(C)(C)NC(=O)CCOCc2ccccc2)no1. The Kier molecular flexibility index (Phi) is 6.66. The van der Waals surface area contributed by atoms with Gasteiger partial charge in [-0.2, -0.15) is 4.98 Å². The molecular formula is C18H26N4O3. The van der Waals surface area contributed by atoms with E-state index in [0.29, 0.717) is 31.5 Å². The summed E-state index contributed by atoms with van der Waals surface area (Å²) >= 11 is 0. The van der Waals surface area contributed by atoms with Crippen molar-refractivity contribution < 1.29 is 14.1 Å². The van der Waals surface area contributed by atoms with Crippen molar-refractivity contribution in [3.8, 4) is 0 Å². The van der Waals surface area contributed by atoms with Gasteiger partial charge in [0.2, 0.25) is 11.8 Å². The van der Waals surface area contributed by atoms with Gasteiger partial charge in [0.05, 0.1) is 25.3 Å². The summed E-state index contributed by atoms with van der Waals surface area (Å²) in [7, 11) is 3.85. The Balaban J connectivity index is 1.77. The number of hydrogen-bond acceptors (Lipinski definition) is 6. The summed E-state index contributed by atoms with van der Waals surface area (Å²) in [4.78, 5) is 18.4. The zero-order valence-corrected chi connectivity index (χ0v) is 15.3. The maximum atomic E-state index is 12.1. The van der Waals surface area contributed by atoms with Crippen LogP contribution in [-0.2, 0) is 28.2 Å². The predicted octanol–water partition coefficient (Wildman–Crippen LogP) is 2.09. The largest absolute Gasteiger partial charge is 0.376 e. The highest BCUT2D eigenvalue weighted by Crippen LogP contribution is 2.17. The molecule has 1 N–H and O–H groups in total. The lowest BCUT2D eigenvalue weighted by atomic mass is 10.0. The number of hydrogen-bond donors (Lipinski definition) is 1. The van der Waals surface area contributed by atoms with Crippen molar-refractivity contribution in [3.05, 3.63) is 47.6 Å². The Morgan fingerprint density at radius 3 is 2.68 bits per heavy atom. The average Bonchev–Trinajstić information content (AvgIpc) is 3.01. The fourth-order valence-corrected chi connectivity index (χ4v) is 2.24. The Morgan fingerprint density at radius 1 is 1.28 bits per heavy atom. The topological polar surface area (TPSA) is 80.5 Å². The fraction of sp³-hybridized carbons (Fsp3) is 0.500. The standard InChI is InChI=1S/C18H26N4O3/c1-18(2,17-19-16(25-21-17)12-22(3)4)20-15(23)10-11-24-13-14-8-6-5-7-9-14/h5-9H,10-13H2,1-4H3,(H,20,23). The summed E-state index contributed by atoms with van der Waals surface area (Å²) in [5.41, 5.74) is 0.383. The van der Waals surface area contributed by atoms with Gasteiger partial charge in [-0.05, 0) is 33.5 Å². The van der Waals surface area contributed by atoms with Crippen molar-refractivity contribution in [2.24, 2.45) is 0 Å². The number of amides is 1.